The van der Waals surface area contributed by atoms with Gasteiger partial charge in [0.15, 0.2) is 0 Å². The molecule has 2 heterocycles. The molecule has 0 bridgehead atoms. The lowest BCUT2D eigenvalue weighted by molar-refractivity contribution is -0.0291. The number of H-pyrrole nitrogens is 1. The van der Waals surface area contributed by atoms with E-state index in [2.05, 4.69) is 4.98 Å². The second kappa shape index (κ2) is 4.76. The van der Waals surface area contributed by atoms with Crippen molar-refractivity contribution < 1.29 is 9.84 Å². The second-order valence-corrected chi connectivity index (χ2v) is 4.26. The molecule has 2 N–H and O–H groups in total. The molecule has 7 heteroatoms. The molecular weight excluding hydrogens is 238 g/mol. The van der Waals surface area contributed by atoms with Crippen molar-refractivity contribution in [3.63, 3.8) is 0 Å². The van der Waals surface area contributed by atoms with Crippen LogP contribution in [0.5, 0.6) is 0 Å². The largest absolute Gasteiger partial charge is 0.394 e. The van der Waals surface area contributed by atoms with Crippen molar-refractivity contribution >= 4 is 0 Å². The molecule has 0 radical (unpaired) electrons. The standard InChI is InChI=1S/C11H13N3O4/c1-6-4-14(11(17)13-10(6)16)9-2-7(3-12)8(5-15)18-9/h4,7-9,15H,2,5H2,1H3,(H,13,16,17)/t7-,8-,9-/m1/s1. The van der Waals surface area contributed by atoms with Gasteiger partial charge in [-0.3, -0.25) is 14.3 Å². The first-order valence-electron chi connectivity index (χ1n) is 5.54. The molecule has 0 aliphatic carbocycles. The van der Waals surface area contributed by atoms with E-state index < -0.39 is 29.5 Å². The molecule has 1 saturated heterocycles. The van der Waals surface area contributed by atoms with Crippen LogP contribution in [0, 0.1) is 24.2 Å². The second-order valence-electron chi connectivity index (χ2n) is 4.26. The van der Waals surface area contributed by atoms with Crippen molar-refractivity contribution in [3.05, 3.63) is 32.6 Å². The van der Waals surface area contributed by atoms with Crippen molar-refractivity contribution in [2.24, 2.45) is 5.92 Å². The number of aliphatic hydroxyl groups is 1. The Kier molecular flexibility index (Phi) is 3.32. The zero-order valence-electron chi connectivity index (χ0n) is 9.79. The number of ether oxygens (including phenoxy) is 1. The Balaban J connectivity index is 2.35. The minimum Gasteiger partial charge on any atom is -0.394 e. The van der Waals surface area contributed by atoms with Crippen molar-refractivity contribution in [2.75, 3.05) is 6.61 Å². The number of aromatic nitrogens is 2. The van der Waals surface area contributed by atoms with Gasteiger partial charge in [-0.15, -0.1) is 0 Å². The van der Waals surface area contributed by atoms with E-state index in [0.717, 1.165) is 0 Å². The molecule has 7 nitrogen and oxygen atoms in total. The number of nitrogens with one attached hydrogen (secondary N) is 1. The highest BCUT2D eigenvalue weighted by Crippen LogP contribution is 2.31. The number of aliphatic hydroxyl groups excluding tert-OH is 1. The Bertz CT molecular complexity index is 598. The lowest BCUT2D eigenvalue weighted by Crippen LogP contribution is -2.33. The molecule has 1 aliphatic rings. The van der Waals surface area contributed by atoms with Crippen LogP contribution in [0.15, 0.2) is 15.8 Å². The van der Waals surface area contributed by atoms with Crippen molar-refractivity contribution in [2.45, 2.75) is 25.7 Å². The van der Waals surface area contributed by atoms with Crippen LogP contribution in [-0.4, -0.2) is 27.4 Å². The van der Waals surface area contributed by atoms with Gasteiger partial charge in [0.25, 0.3) is 5.56 Å². The highest BCUT2D eigenvalue weighted by atomic mass is 16.5. The average molecular weight is 251 g/mol. The van der Waals surface area contributed by atoms with Crippen LogP contribution in [0.3, 0.4) is 0 Å². The van der Waals surface area contributed by atoms with Gasteiger partial charge in [0.2, 0.25) is 0 Å². The number of nitriles is 1. The van der Waals surface area contributed by atoms with E-state index >= 15 is 0 Å². The third kappa shape index (κ3) is 2.08. The first kappa shape index (κ1) is 12.5. The number of rotatable bonds is 2. The monoisotopic (exact) mass is 251 g/mol. The molecule has 0 saturated carbocycles. The fraction of sp³-hybridized carbons (Fsp3) is 0.545. The maximum absolute atomic E-state index is 11.7. The zero-order chi connectivity index (χ0) is 13.3. The minimum atomic E-state index is -0.630. The normalized spacial score (nSPS) is 27.1. The SMILES string of the molecule is Cc1cn([C@H]2C[C@H](C#N)[C@@H](CO)O2)c(=O)[nH]c1=O. The summed E-state index contributed by atoms with van der Waals surface area (Å²) in [5.41, 5.74) is -0.630. The summed E-state index contributed by atoms with van der Waals surface area (Å²) >= 11 is 0. The van der Waals surface area contributed by atoms with Gasteiger partial charge in [-0.25, -0.2) is 4.79 Å². The van der Waals surface area contributed by atoms with E-state index in [0.29, 0.717) is 12.0 Å². The van der Waals surface area contributed by atoms with Crippen LogP contribution in [0.4, 0.5) is 0 Å². The lowest BCUT2D eigenvalue weighted by Gasteiger charge is -2.14. The average Bonchev–Trinajstić information content (AvgIpc) is 2.76. The molecule has 96 valence electrons. The van der Waals surface area contributed by atoms with Gasteiger partial charge >= 0.3 is 5.69 Å². The van der Waals surface area contributed by atoms with Crippen molar-refractivity contribution in [1.29, 1.82) is 5.26 Å². The number of hydrogen-bond acceptors (Lipinski definition) is 5. The van der Waals surface area contributed by atoms with E-state index in [-0.39, 0.29) is 6.61 Å². The minimum absolute atomic E-state index is 0.272. The summed E-state index contributed by atoms with van der Waals surface area (Å²) in [6, 6.07) is 2.04. The van der Waals surface area contributed by atoms with Gasteiger partial charge in [-0.1, -0.05) is 0 Å². The molecule has 1 aliphatic heterocycles. The Hall–Kier alpha value is -1.91. The van der Waals surface area contributed by atoms with Gasteiger partial charge in [-0.2, -0.15) is 5.26 Å². The molecule has 0 amide bonds. The molecule has 0 spiro atoms. The predicted octanol–water partition coefficient (Wildman–Crippen LogP) is -0.735. The van der Waals surface area contributed by atoms with Crippen LogP contribution in [0.2, 0.25) is 0 Å². The highest BCUT2D eigenvalue weighted by Gasteiger charge is 2.36. The summed E-state index contributed by atoms with van der Waals surface area (Å²) in [5, 5.41) is 18.0. The molecular formula is C11H13N3O4. The summed E-state index contributed by atoms with van der Waals surface area (Å²) in [7, 11) is 0. The van der Waals surface area contributed by atoms with Gasteiger partial charge in [0, 0.05) is 18.2 Å². The van der Waals surface area contributed by atoms with Crippen LogP contribution in [0.25, 0.3) is 0 Å². The summed E-state index contributed by atoms with van der Waals surface area (Å²) in [4.78, 5) is 25.1. The van der Waals surface area contributed by atoms with Crippen molar-refractivity contribution in [3.8, 4) is 6.07 Å². The van der Waals surface area contributed by atoms with Crippen LogP contribution >= 0.6 is 0 Å². The maximum Gasteiger partial charge on any atom is 0.330 e. The molecule has 1 fully saturated rings. The van der Waals surface area contributed by atoms with Gasteiger partial charge in [0.05, 0.1) is 24.7 Å². The number of aryl methyl sites for hydroxylation is 1. The third-order valence-electron chi connectivity index (χ3n) is 3.04. The summed E-state index contributed by atoms with van der Waals surface area (Å²) in [6.07, 6.45) is 0.488. The van der Waals surface area contributed by atoms with E-state index in [1.165, 1.54) is 10.8 Å². The Morgan fingerprint density at radius 3 is 2.94 bits per heavy atom. The number of hydrogen-bond donors (Lipinski definition) is 2. The van der Waals surface area contributed by atoms with E-state index in [9.17, 15) is 9.59 Å². The molecule has 1 aromatic heterocycles. The Morgan fingerprint density at radius 2 is 2.39 bits per heavy atom. The third-order valence-corrected chi connectivity index (χ3v) is 3.04. The predicted molar refractivity (Wildman–Crippen MR) is 60.8 cm³/mol. The zero-order valence-corrected chi connectivity index (χ0v) is 9.79. The molecule has 2 rings (SSSR count). The Labute approximate surface area is 102 Å². The molecule has 3 atom stereocenters. The van der Waals surface area contributed by atoms with Gasteiger partial charge in [0.1, 0.15) is 6.23 Å². The smallest absolute Gasteiger partial charge is 0.330 e. The summed E-state index contributed by atoms with van der Waals surface area (Å²) < 4.78 is 6.69. The summed E-state index contributed by atoms with van der Waals surface area (Å²) in [6.45, 7) is 1.31. The molecule has 1 aromatic rings. The van der Waals surface area contributed by atoms with Crippen LogP contribution in [0.1, 0.15) is 18.2 Å². The van der Waals surface area contributed by atoms with Crippen LogP contribution < -0.4 is 11.2 Å². The quantitative estimate of drug-likeness (QED) is 0.720. The van der Waals surface area contributed by atoms with Gasteiger partial charge < -0.3 is 9.84 Å². The first-order chi connectivity index (χ1) is 8.56. The van der Waals surface area contributed by atoms with E-state index in [1.807, 2.05) is 6.07 Å². The fourth-order valence-electron chi connectivity index (χ4n) is 2.01. The van der Waals surface area contributed by atoms with Gasteiger partial charge in [-0.05, 0) is 6.92 Å². The van der Waals surface area contributed by atoms with E-state index in [1.54, 1.807) is 6.92 Å². The highest BCUT2D eigenvalue weighted by molar-refractivity contribution is 5.03. The van der Waals surface area contributed by atoms with E-state index in [4.69, 9.17) is 15.1 Å². The molecule has 0 unspecified atom stereocenters. The lowest BCUT2D eigenvalue weighted by atomic mass is 10.0. The molecule has 0 aromatic carbocycles. The van der Waals surface area contributed by atoms with Crippen LogP contribution in [-0.2, 0) is 4.74 Å². The molecule has 18 heavy (non-hydrogen) atoms. The first-order valence-corrected chi connectivity index (χ1v) is 5.54. The maximum atomic E-state index is 11.7. The topological polar surface area (TPSA) is 108 Å². The number of nitrogens with zero attached hydrogens (tertiary/aromatic N) is 2. The summed E-state index contributed by atoms with van der Waals surface area (Å²) in [5.74, 6) is -0.459. The number of aromatic amines is 1. The Morgan fingerprint density at radius 1 is 1.67 bits per heavy atom. The fourth-order valence-corrected chi connectivity index (χ4v) is 2.01. The van der Waals surface area contributed by atoms with Crippen molar-refractivity contribution in [1.82, 2.24) is 9.55 Å².